The highest BCUT2D eigenvalue weighted by Gasteiger charge is 2.36. The van der Waals surface area contributed by atoms with E-state index in [1.54, 1.807) is 27.7 Å². The Bertz CT molecular complexity index is 3310. The lowest BCUT2D eigenvalue weighted by Gasteiger charge is -2.40. The van der Waals surface area contributed by atoms with E-state index in [4.69, 9.17) is 23.9 Å². The van der Waals surface area contributed by atoms with Crippen LogP contribution in [0.5, 0.6) is 5.75 Å². The molecule has 23 heteroatoms. The van der Waals surface area contributed by atoms with Gasteiger partial charge < -0.3 is 64.6 Å². The predicted molar refractivity (Wildman–Crippen MR) is 345 cm³/mol. The van der Waals surface area contributed by atoms with Gasteiger partial charge in [0.25, 0.3) is 12.3 Å². The van der Waals surface area contributed by atoms with Gasteiger partial charge in [0.1, 0.15) is 5.75 Å². The monoisotopic (exact) mass is 1240 g/mol. The zero-order chi connectivity index (χ0) is 63.2. The van der Waals surface area contributed by atoms with Crippen LogP contribution in [-0.2, 0) is 50.4 Å². The molecule has 3 amide bonds. The van der Waals surface area contributed by atoms with E-state index in [1.165, 1.54) is 7.11 Å². The first-order valence-corrected chi connectivity index (χ1v) is 31.4. The Hall–Kier alpha value is -7.69. The SMILES string of the molecule is COc1cc(C(=O)NCCOCCOCCOCCN2CCN(Cc3ccc(-c4c(NCN(C=O)CC5(O)CCN(C(=O)CCc6ccccc6)CC5)c(C)nn4C)cn3)CC2)ccc1NCC#Cc1cc2c(NC3CCN(C)CC3)cccc2n1CC(F)F. The number of anilines is 3. The van der Waals surface area contributed by atoms with Gasteiger partial charge in [-0.05, 0) is 119 Å². The second kappa shape index (κ2) is 33.4. The molecule has 9 rings (SSSR count). The van der Waals surface area contributed by atoms with Crippen LogP contribution >= 0.6 is 0 Å². The van der Waals surface area contributed by atoms with E-state index in [1.807, 2.05) is 84.3 Å². The molecule has 3 saturated heterocycles. The number of piperazine rings is 1. The van der Waals surface area contributed by atoms with Crippen molar-refractivity contribution >= 4 is 46.2 Å². The van der Waals surface area contributed by atoms with Crippen molar-refractivity contribution in [1.82, 2.24) is 49.1 Å². The zero-order valence-electron chi connectivity index (χ0n) is 52.6. The van der Waals surface area contributed by atoms with Gasteiger partial charge >= 0.3 is 0 Å². The minimum atomic E-state index is -2.54. The highest BCUT2D eigenvalue weighted by atomic mass is 19.3. The van der Waals surface area contributed by atoms with Gasteiger partial charge in [0.05, 0.1) is 118 Å². The molecule has 0 radical (unpaired) electrons. The smallest absolute Gasteiger partial charge is 0.256 e. The van der Waals surface area contributed by atoms with Gasteiger partial charge in [0.15, 0.2) is 0 Å². The van der Waals surface area contributed by atoms with Crippen molar-refractivity contribution in [2.75, 3.05) is 155 Å². The van der Waals surface area contributed by atoms with Gasteiger partial charge in [0.2, 0.25) is 12.3 Å². The molecule has 90 heavy (non-hydrogen) atoms. The molecule has 0 bridgehead atoms. The minimum absolute atomic E-state index is 0.0814. The summed E-state index contributed by atoms with van der Waals surface area (Å²) in [6.07, 6.45) is 4.01. The number of hydrogen-bond donors (Lipinski definition) is 5. The number of amides is 3. The van der Waals surface area contributed by atoms with Gasteiger partial charge in [-0.2, -0.15) is 5.10 Å². The average Bonchev–Trinajstić information content (AvgIpc) is 1.76. The molecule has 3 fully saturated rings. The number of likely N-dealkylation sites (tertiary alicyclic amines) is 2. The van der Waals surface area contributed by atoms with E-state index < -0.39 is 18.6 Å². The zero-order valence-corrected chi connectivity index (χ0v) is 52.6. The molecule has 3 aliphatic rings. The number of nitrogens with zero attached hydrogens (tertiary/aromatic N) is 9. The van der Waals surface area contributed by atoms with Crippen molar-refractivity contribution in [3.8, 4) is 28.8 Å². The Labute approximate surface area is 527 Å². The van der Waals surface area contributed by atoms with E-state index in [-0.39, 0.29) is 31.6 Å². The number of hydrogen-bond acceptors (Lipinski definition) is 16. The number of ether oxygens (including phenoxy) is 4. The number of methoxy groups -OCH3 is 1. The van der Waals surface area contributed by atoms with E-state index in [0.717, 1.165) is 117 Å². The minimum Gasteiger partial charge on any atom is -0.495 e. The lowest BCUT2D eigenvalue weighted by molar-refractivity contribution is -0.137. The predicted octanol–water partition coefficient (Wildman–Crippen LogP) is 6.40. The maximum absolute atomic E-state index is 13.8. The Morgan fingerprint density at radius 2 is 1.58 bits per heavy atom. The molecule has 3 aromatic heterocycles. The number of aryl methyl sites for hydroxylation is 3. The van der Waals surface area contributed by atoms with E-state index in [9.17, 15) is 28.3 Å². The molecule has 3 aliphatic heterocycles. The number of halogens is 2. The third-order valence-corrected chi connectivity index (χ3v) is 17.0. The first kappa shape index (κ1) is 66.7. The summed E-state index contributed by atoms with van der Waals surface area (Å²) >= 11 is 0. The van der Waals surface area contributed by atoms with Crippen LogP contribution in [0.2, 0.25) is 0 Å². The molecule has 0 saturated carbocycles. The first-order valence-electron chi connectivity index (χ1n) is 31.4. The van der Waals surface area contributed by atoms with E-state index in [2.05, 4.69) is 72.1 Å². The number of piperidine rings is 2. The highest BCUT2D eigenvalue weighted by molar-refractivity contribution is 5.95. The van der Waals surface area contributed by atoms with Crippen LogP contribution in [0.1, 0.15) is 65.1 Å². The van der Waals surface area contributed by atoms with Crippen LogP contribution < -0.4 is 26.0 Å². The molecule has 0 spiro atoms. The number of benzene rings is 3. The van der Waals surface area contributed by atoms with Crippen molar-refractivity contribution in [2.24, 2.45) is 7.05 Å². The van der Waals surface area contributed by atoms with E-state index >= 15 is 0 Å². The fraction of sp³-hybridized carbons (Fsp3) is 0.507. The Morgan fingerprint density at radius 1 is 0.844 bits per heavy atom. The molecule has 0 aliphatic carbocycles. The molecule has 21 nitrogen and oxygen atoms in total. The van der Waals surface area contributed by atoms with Crippen LogP contribution in [-0.4, -0.2) is 224 Å². The van der Waals surface area contributed by atoms with Crippen molar-refractivity contribution in [2.45, 2.75) is 76.6 Å². The fourth-order valence-electron chi connectivity index (χ4n) is 11.9. The average molecular weight is 1240 g/mol. The Balaban J connectivity index is 0.601. The second-order valence-corrected chi connectivity index (χ2v) is 23.5. The van der Waals surface area contributed by atoms with Crippen molar-refractivity contribution < 1.29 is 47.2 Å². The lowest BCUT2D eigenvalue weighted by atomic mass is 9.90. The van der Waals surface area contributed by atoms with Gasteiger partial charge in [-0.3, -0.25) is 33.8 Å². The van der Waals surface area contributed by atoms with Crippen molar-refractivity contribution in [1.29, 1.82) is 0 Å². The van der Waals surface area contributed by atoms with Crippen LogP contribution in [0.15, 0.2) is 91.1 Å². The van der Waals surface area contributed by atoms with Gasteiger partial charge in [-0.1, -0.05) is 42.3 Å². The number of aromatic nitrogens is 4. The molecule has 0 unspecified atom stereocenters. The molecule has 5 N–H and O–H groups in total. The molecule has 0 atom stereocenters. The van der Waals surface area contributed by atoms with Crippen LogP contribution in [0, 0.1) is 18.8 Å². The number of carbonyl (C=O) groups excluding carboxylic acids is 3. The third kappa shape index (κ3) is 19.2. The largest absolute Gasteiger partial charge is 0.495 e. The second-order valence-electron chi connectivity index (χ2n) is 23.5. The van der Waals surface area contributed by atoms with Crippen molar-refractivity contribution in [3.05, 3.63) is 119 Å². The number of nitrogens with one attached hydrogen (secondary N) is 4. The quantitative estimate of drug-likeness (QED) is 0.0134. The Kier molecular flexibility index (Phi) is 24.8. The number of aliphatic hydroxyl groups is 1. The summed E-state index contributed by atoms with van der Waals surface area (Å²) in [5.74, 6) is 6.47. The summed E-state index contributed by atoms with van der Waals surface area (Å²) in [5.41, 5.74) is 7.53. The number of fused-ring (bicyclic) bond motifs is 1. The Morgan fingerprint density at radius 3 is 2.29 bits per heavy atom. The fourth-order valence-corrected chi connectivity index (χ4v) is 11.9. The summed E-state index contributed by atoms with van der Waals surface area (Å²) in [4.78, 5) is 53.6. The number of pyridine rings is 1. The molecular formula is C67H89F2N13O8. The molecule has 6 heterocycles. The molecule has 3 aromatic carbocycles. The summed E-state index contributed by atoms with van der Waals surface area (Å²) in [7, 11) is 5.53. The molecule has 484 valence electrons. The standard InChI is InChI=1S/C67H89F2N13O8/c1-50-64(73-48-80(49-83)47-67(86)23-29-81(30-24-67)63(84)20-15-51-10-6-5-7-11-51)65(77(3)75-50)53-16-18-55(72-44-53)45-79-33-31-78(32-34-79)35-37-89-39-41-90-40-38-88-36-26-71-66(85)52-17-19-59(61(42-52)87-4)70-25-9-12-56-43-57-58(74-54-21-27-76(2)28-22-54)13-8-14-60(57)82(56)46-62(68)69/h5-8,10-11,13-14,16-19,42-44,49,54,62,70,73-74,86H,15,20-41,45-48H2,1-4H3,(H,71,85). The van der Waals surface area contributed by atoms with Crippen LogP contribution in [0.3, 0.4) is 0 Å². The number of carbonyl (C=O) groups is 3. The summed E-state index contributed by atoms with van der Waals surface area (Å²) < 4.78 is 53.8. The summed E-state index contributed by atoms with van der Waals surface area (Å²) in [5, 5.41) is 30.2. The van der Waals surface area contributed by atoms with Crippen LogP contribution in [0.25, 0.3) is 22.2 Å². The third-order valence-electron chi connectivity index (χ3n) is 17.0. The topological polar surface area (TPSA) is 208 Å². The normalized spacial score (nSPS) is 15.8. The lowest BCUT2D eigenvalue weighted by Crippen LogP contribution is -2.52. The summed E-state index contributed by atoms with van der Waals surface area (Å²) in [6, 6.07) is 27.1. The first-order chi connectivity index (χ1) is 43.7. The van der Waals surface area contributed by atoms with Crippen LogP contribution in [0.4, 0.5) is 25.8 Å². The summed E-state index contributed by atoms with van der Waals surface area (Å²) in [6.45, 7) is 13.1. The number of alkyl halides is 2. The maximum atomic E-state index is 13.8. The highest BCUT2D eigenvalue weighted by Crippen LogP contribution is 2.33. The number of rotatable bonds is 32. The van der Waals surface area contributed by atoms with Gasteiger partial charge in [-0.15, -0.1) is 0 Å². The van der Waals surface area contributed by atoms with Gasteiger partial charge in [0, 0.05) is 107 Å². The molecule has 6 aromatic rings. The molecular weight excluding hydrogens is 1150 g/mol. The van der Waals surface area contributed by atoms with Gasteiger partial charge in [-0.25, -0.2) is 8.78 Å². The van der Waals surface area contributed by atoms with Crippen molar-refractivity contribution in [3.63, 3.8) is 0 Å². The van der Waals surface area contributed by atoms with E-state index in [0.29, 0.717) is 119 Å². The maximum Gasteiger partial charge on any atom is 0.256 e.